The first-order valence-corrected chi connectivity index (χ1v) is 10.1. The maximum absolute atomic E-state index is 11.8. The Hall–Kier alpha value is -1.86. The van der Waals surface area contributed by atoms with Gasteiger partial charge in [-0.1, -0.05) is 40.9 Å². The van der Waals surface area contributed by atoms with Crippen LogP contribution in [0.15, 0.2) is 40.2 Å². The van der Waals surface area contributed by atoms with Crippen molar-refractivity contribution in [2.45, 2.75) is 13.5 Å². The van der Waals surface area contributed by atoms with Crippen LogP contribution in [0.4, 0.5) is 0 Å². The first-order chi connectivity index (χ1) is 13.4. The minimum atomic E-state index is -0.378. The Morgan fingerprint density at radius 1 is 1.11 bits per heavy atom. The van der Waals surface area contributed by atoms with Gasteiger partial charge < -0.3 is 15.2 Å². The number of carbonyl (C=O) groups is 1. The second kappa shape index (κ2) is 9.09. The fourth-order valence-corrected chi connectivity index (χ4v) is 3.71. The number of nitrogens with zero attached hydrogens (tertiary/aromatic N) is 1. The Labute approximate surface area is 181 Å². The van der Waals surface area contributed by atoms with Gasteiger partial charge in [-0.15, -0.1) is 0 Å². The molecular weight excluding hydrogens is 443 g/mol. The summed E-state index contributed by atoms with van der Waals surface area (Å²) in [5.74, 6) is 0.487. The van der Waals surface area contributed by atoms with Crippen molar-refractivity contribution in [1.82, 2.24) is 0 Å². The Balaban J connectivity index is 1.85. The van der Waals surface area contributed by atoms with E-state index in [2.05, 4.69) is 4.99 Å². The molecule has 0 atom stereocenters. The SMILES string of the molecule is CCOc1cc(C=C2SC(N)=NC2=O)cc(Cl)c1OCc1ccc(Cl)c(Cl)c1. The zero-order chi connectivity index (χ0) is 20.3. The van der Waals surface area contributed by atoms with Gasteiger partial charge >= 0.3 is 0 Å². The van der Waals surface area contributed by atoms with Crippen LogP contribution in [-0.4, -0.2) is 17.7 Å². The first-order valence-electron chi connectivity index (χ1n) is 8.18. The van der Waals surface area contributed by atoms with E-state index in [0.717, 1.165) is 17.3 Å². The fraction of sp³-hybridized carbons (Fsp3) is 0.158. The van der Waals surface area contributed by atoms with Crippen molar-refractivity contribution in [2.75, 3.05) is 6.61 Å². The number of hydrogen-bond donors (Lipinski definition) is 1. The summed E-state index contributed by atoms with van der Waals surface area (Å²) in [4.78, 5) is 15.9. The van der Waals surface area contributed by atoms with Crippen molar-refractivity contribution in [1.29, 1.82) is 0 Å². The Kier molecular flexibility index (Phi) is 6.78. The predicted octanol–water partition coefficient (Wildman–Crippen LogP) is 5.55. The molecule has 0 bridgehead atoms. The number of hydrogen-bond acceptors (Lipinski definition) is 5. The van der Waals surface area contributed by atoms with Gasteiger partial charge in [0.25, 0.3) is 5.91 Å². The molecule has 0 fully saturated rings. The van der Waals surface area contributed by atoms with E-state index in [4.69, 9.17) is 50.0 Å². The molecule has 2 aromatic rings. The van der Waals surface area contributed by atoms with Gasteiger partial charge in [0.1, 0.15) is 6.61 Å². The topological polar surface area (TPSA) is 73.9 Å². The van der Waals surface area contributed by atoms with E-state index in [0.29, 0.717) is 43.6 Å². The molecule has 1 aliphatic heterocycles. The molecule has 0 saturated heterocycles. The summed E-state index contributed by atoms with van der Waals surface area (Å²) in [6.45, 7) is 2.51. The van der Waals surface area contributed by atoms with Crippen molar-refractivity contribution in [3.63, 3.8) is 0 Å². The summed E-state index contributed by atoms with van der Waals surface area (Å²) in [5.41, 5.74) is 7.09. The van der Waals surface area contributed by atoms with Gasteiger partial charge in [0, 0.05) is 0 Å². The van der Waals surface area contributed by atoms with Gasteiger partial charge in [-0.25, -0.2) is 0 Å². The van der Waals surface area contributed by atoms with Crippen LogP contribution in [0.25, 0.3) is 6.08 Å². The number of rotatable bonds is 6. The van der Waals surface area contributed by atoms with Crippen LogP contribution in [0, 0.1) is 0 Å². The van der Waals surface area contributed by atoms with Crippen LogP contribution in [0.2, 0.25) is 15.1 Å². The average Bonchev–Trinajstić information content (AvgIpc) is 2.94. The fourth-order valence-electron chi connectivity index (χ4n) is 2.44. The molecule has 1 amide bonds. The lowest BCUT2D eigenvalue weighted by molar-refractivity contribution is -0.113. The highest BCUT2D eigenvalue weighted by molar-refractivity contribution is 8.18. The number of nitrogens with two attached hydrogens (primary N) is 1. The minimum absolute atomic E-state index is 0.217. The minimum Gasteiger partial charge on any atom is -0.490 e. The highest BCUT2D eigenvalue weighted by Crippen LogP contribution is 2.39. The smallest absolute Gasteiger partial charge is 0.286 e. The van der Waals surface area contributed by atoms with E-state index in [1.807, 2.05) is 13.0 Å². The summed E-state index contributed by atoms with van der Waals surface area (Å²) in [6, 6.07) is 8.67. The number of carbonyl (C=O) groups excluding carboxylic acids is 1. The van der Waals surface area contributed by atoms with E-state index in [9.17, 15) is 4.79 Å². The zero-order valence-electron chi connectivity index (χ0n) is 14.7. The molecule has 0 unspecified atom stereocenters. The third kappa shape index (κ3) is 4.94. The monoisotopic (exact) mass is 456 g/mol. The standard InChI is InChI=1S/C19H15Cl3N2O3S/c1-2-26-15-7-11(8-16-18(25)24-19(23)28-16)6-14(22)17(15)27-9-10-3-4-12(20)13(21)5-10/h3-8H,2,9H2,1H3,(H2,23,24,25). The van der Waals surface area contributed by atoms with Gasteiger partial charge in [0.05, 0.1) is 26.6 Å². The lowest BCUT2D eigenvalue weighted by atomic mass is 10.1. The Morgan fingerprint density at radius 3 is 2.54 bits per heavy atom. The highest BCUT2D eigenvalue weighted by atomic mass is 35.5. The molecule has 1 aliphatic rings. The lowest BCUT2D eigenvalue weighted by Crippen LogP contribution is -2.01. The normalized spacial score (nSPS) is 15.1. The number of thioether (sulfide) groups is 1. The van der Waals surface area contributed by atoms with Crippen LogP contribution in [0.5, 0.6) is 11.5 Å². The molecule has 1 heterocycles. The second-order valence-corrected chi connectivity index (χ2v) is 7.95. The van der Waals surface area contributed by atoms with Gasteiger partial charge in [-0.05, 0) is 60.2 Å². The van der Waals surface area contributed by atoms with Crippen molar-refractivity contribution < 1.29 is 14.3 Å². The molecule has 9 heteroatoms. The van der Waals surface area contributed by atoms with Gasteiger partial charge in [0.2, 0.25) is 0 Å². The molecule has 28 heavy (non-hydrogen) atoms. The number of benzene rings is 2. The molecule has 3 rings (SSSR count). The van der Waals surface area contributed by atoms with Crippen LogP contribution in [0.3, 0.4) is 0 Å². The van der Waals surface area contributed by atoms with Crippen LogP contribution in [-0.2, 0) is 11.4 Å². The van der Waals surface area contributed by atoms with Crippen molar-refractivity contribution in [2.24, 2.45) is 10.7 Å². The maximum atomic E-state index is 11.8. The zero-order valence-corrected chi connectivity index (χ0v) is 17.8. The number of ether oxygens (including phenoxy) is 2. The van der Waals surface area contributed by atoms with E-state index in [-0.39, 0.29) is 17.7 Å². The predicted molar refractivity (Wildman–Crippen MR) is 116 cm³/mol. The summed E-state index contributed by atoms with van der Waals surface area (Å²) in [5, 5.41) is 1.48. The van der Waals surface area contributed by atoms with E-state index >= 15 is 0 Å². The first kappa shape index (κ1) is 20.9. The molecule has 2 aromatic carbocycles. The van der Waals surface area contributed by atoms with E-state index in [1.54, 1.807) is 30.3 Å². The molecule has 0 spiro atoms. The number of halogens is 3. The Bertz CT molecular complexity index is 993. The average molecular weight is 458 g/mol. The van der Waals surface area contributed by atoms with Gasteiger partial charge in [-0.3, -0.25) is 4.79 Å². The summed E-state index contributed by atoms with van der Waals surface area (Å²) >= 11 is 19.5. The third-order valence-electron chi connectivity index (χ3n) is 3.63. The largest absolute Gasteiger partial charge is 0.490 e. The maximum Gasteiger partial charge on any atom is 0.286 e. The quantitative estimate of drug-likeness (QED) is 0.575. The highest BCUT2D eigenvalue weighted by Gasteiger charge is 2.20. The summed E-state index contributed by atoms with van der Waals surface area (Å²) < 4.78 is 11.5. The molecule has 0 aromatic heterocycles. The van der Waals surface area contributed by atoms with Crippen LogP contribution >= 0.6 is 46.6 Å². The van der Waals surface area contributed by atoms with Crippen LogP contribution < -0.4 is 15.2 Å². The molecule has 2 N–H and O–H groups in total. The molecule has 146 valence electrons. The lowest BCUT2D eigenvalue weighted by Gasteiger charge is -2.15. The number of aliphatic imine (C=N–C) groups is 1. The van der Waals surface area contributed by atoms with E-state index < -0.39 is 0 Å². The van der Waals surface area contributed by atoms with Crippen LogP contribution in [0.1, 0.15) is 18.1 Å². The molecular formula is C19H15Cl3N2O3S. The van der Waals surface area contributed by atoms with Crippen molar-refractivity contribution >= 4 is 63.7 Å². The van der Waals surface area contributed by atoms with Crippen molar-refractivity contribution in [3.05, 3.63) is 61.4 Å². The second-order valence-electron chi connectivity index (χ2n) is 5.67. The molecule has 0 saturated carbocycles. The summed E-state index contributed by atoms with van der Waals surface area (Å²) in [6.07, 6.45) is 1.66. The molecule has 5 nitrogen and oxygen atoms in total. The van der Waals surface area contributed by atoms with Crippen molar-refractivity contribution in [3.8, 4) is 11.5 Å². The van der Waals surface area contributed by atoms with Gasteiger partial charge in [0.15, 0.2) is 16.7 Å². The Morgan fingerprint density at radius 2 is 1.89 bits per heavy atom. The molecule has 0 aliphatic carbocycles. The van der Waals surface area contributed by atoms with Gasteiger partial charge in [-0.2, -0.15) is 4.99 Å². The third-order valence-corrected chi connectivity index (χ3v) is 5.47. The van der Waals surface area contributed by atoms with E-state index in [1.165, 1.54) is 0 Å². The number of amidine groups is 1. The molecule has 0 radical (unpaired) electrons. The number of amides is 1. The summed E-state index contributed by atoms with van der Waals surface area (Å²) in [7, 11) is 0.